The van der Waals surface area contributed by atoms with Crippen LogP contribution in [-0.4, -0.2) is 64.7 Å². The molecule has 2 fully saturated rings. The molecule has 3 aromatic heterocycles. The van der Waals surface area contributed by atoms with Gasteiger partial charge < -0.3 is 25.4 Å². The van der Waals surface area contributed by atoms with Crippen LogP contribution in [0, 0.1) is 11.3 Å². The molecule has 3 aromatic rings. The number of rotatable bonds is 4. The molecule has 192 valence electrons. The third-order valence-electron chi connectivity index (χ3n) is 7.81. The fourth-order valence-corrected chi connectivity index (χ4v) is 6.85. The standard InChI is InChI=1S/C25H29N9O2S/c1-14-17(35)5-9-34(14)24-29-16(12-19(30-24)33-10-7-28-8-11-33)22-31-23(36-32-22)25(2)6-3-4-18-20(25)15(13-26)21(27)37-18/h12,14,28H,3-11,27H2,1-2H3/t14-,25-/m0/s1. The van der Waals surface area contributed by atoms with Crippen molar-refractivity contribution in [3.63, 3.8) is 0 Å². The molecular formula is C25H29N9O2S. The SMILES string of the molecule is C[C@H]1C(=O)CCN1c1nc(-c2noc([C@@]3(C)CCCc4sc(N)c(C#N)c43)n2)cc(N2CCNCC2)n1. The first-order valence-electron chi connectivity index (χ1n) is 12.7. The van der Waals surface area contributed by atoms with Gasteiger partial charge in [-0.3, -0.25) is 4.79 Å². The second-order valence-electron chi connectivity index (χ2n) is 10.1. The summed E-state index contributed by atoms with van der Waals surface area (Å²) in [5.41, 5.74) is 7.55. The van der Waals surface area contributed by atoms with Crippen molar-refractivity contribution in [2.45, 2.75) is 51.0 Å². The predicted molar refractivity (Wildman–Crippen MR) is 140 cm³/mol. The highest BCUT2D eigenvalue weighted by molar-refractivity contribution is 7.16. The van der Waals surface area contributed by atoms with Crippen LogP contribution in [-0.2, 0) is 16.6 Å². The van der Waals surface area contributed by atoms with Gasteiger partial charge in [-0.2, -0.15) is 15.2 Å². The average molecular weight is 520 g/mol. The van der Waals surface area contributed by atoms with Crippen molar-refractivity contribution in [2.24, 2.45) is 0 Å². The van der Waals surface area contributed by atoms with E-state index in [1.165, 1.54) is 11.3 Å². The van der Waals surface area contributed by atoms with Gasteiger partial charge in [0.1, 0.15) is 22.6 Å². The van der Waals surface area contributed by atoms with Crippen LogP contribution in [0.4, 0.5) is 16.8 Å². The molecule has 2 saturated heterocycles. The number of fused-ring (bicyclic) bond motifs is 1. The molecule has 12 heteroatoms. The van der Waals surface area contributed by atoms with E-state index in [9.17, 15) is 10.1 Å². The van der Waals surface area contributed by atoms with Gasteiger partial charge in [-0.1, -0.05) is 5.16 Å². The zero-order valence-electron chi connectivity index (χ0n) is 21.0. The summed E-state index contributed by atoms with van der Waals surface area (Å²) >= 11 is 1.48. The van der Waals surface area contributed by atoms with Gasteiger partial charge in [0.05, 0.1) is 17.0 Å². The highest BCUT2D eigenvalue weighted by atomic mass is 32.1. The van der Waals surface area contributed by atoms with Gasteiger partial charge in [0, 0.05) is 55.7 Å². The lowest BCUT2D eigenvalue weighted by Gasteiger charge is -2.30. The van der Waals surface area contributed by atoms with Gasteiger partial charge in [0.15, 0.2) is 5.78 Å². The smallest absolute Gasteiger partial charge is 0.237 e. The second-order valence-corrected chi connectivity index (χ2v) is 11.2. The van der Waals surface area contributed by atoms with Gasteiger partial charge >= 0.3 is 0 Å². The highest BCUT2D eigenvalue weighted by Gasteiger charge is 2.43. The van der Waals surface area contributed by atoms with Crippen molar-refractivity contribution in [1.29, 1.82) is 5.26 Å². The monoisotopic (exact) mass is 519 g/mol. The Morgan fingerprint density at radius 1 is 1.24 bits per heavy atom. The number of aromatic nitrogens is 4. The third-order valence-corrected chi connectivity index (χ3v) is 8.89. The summed E-state index contributed by atoms with van der Waals surface area (Å²) < 4.78 is 5.86. The number of carbonyl (C=O) groups is 1. The Morgan fingerprint density at radius 2 is 2.05 bits per heavy atom. The van der Waals surface area contributed by atoms with Crippen LogP contribution in [0.3, 0.4) is 0 Å². The Bertz CT molecular complexity index is 1400. The van der Waals surface area contributed by atoms with E-state index >= 15 is 0 Å². The maximum atomic E-state index is 12.3. The molecule has 37 heavy (non-hydrogen) atoms. The summed E-state index contributed by atoms with van der Waals surface area (Å²) in [6.45, 7) is 7.89. The number of nitrogens with one attached hydrogen (secondary N) is 1. The lowest BCUT2D eigenvalue weighted by molar-refractivity contribution is -0.118. The molecule has 2 aliphatic heterocycles. The Hall–Kier alpha value is -3.56. The minimum atomic E-state index is -0.606. The van der Waals surface area contributed by atoms with Crippen molar-refractivity contribution >= 4 is 33.9 Å². The van der Waals surface area contributed by atoms with E-state index in [2.05, 4.69) is 21.4 Å². The van der Waals surface area contributed by atoms with Crippen molar-refractivity contribution < 1.29 is 9.32 Å². The van der Waals surface area contributed by atoms with Crippen molar-refractivity contribution in [3.8, 4) is 17.6 Å². The number of hydrogen-bond acceptors (Lipinski definition) is 12. The van der Waals surface area contributed by atoms with E-state index in [4.69, 9.17) is 25.2 Å². The molecule has 3 aliphatic rings. The van der Waals surface area contributed by atoms with Gasteiger partial charge in [-0.05, 0) is 33.1 Å². The normalized spacial score (nSPS) is 23.8. The summed E-state index contributed by atoms with van der Waals surface area (Å²) in [6.07, 6.45) is 3.09. The molecule has 2 atom stereocenters. The summed E-state index contributed by atoms with van der Waals surface area (Å²) in [5.74, 6) is 2.28. The maximum Gasteiger partial charge on any atom is 0.237 e. The molecule has 11 nitrogen and oxygen atoms in total. The van der Waals surface area contributed by atoms with Crippen LogP contribution in [0.15, 0.2) is 10.6 Å². The maximum absolute atomic E-state index is 12.3. The third kappa shape index (κ3) is 3.93. The number of carbonyl (C=O) groups excluding carboxylic acids is 1. The Morgan fingerprint density at radius 3 is 2.78 bits per heavy atom. The number of piperazine rings is 1. The van der Waals surface area contributed by atoms with Crippen molar-refractivity contribution in [2.75, 3.05) is 48.3 Å². The Balaban J connectivity index is 1.42. The van der Waals surface area contributed by atoms with Gasteiger partial charge in [0.2, 0.25) is 17.7 Å². The molecule has 6 rings (SSSR count). The number of nitriles is 1. The zero-order chi connectivity index (χ0) is 25.7. The fourth-order valence-electron chi connectivity index (χ4n) is 5.66. The number of nitrogen functional groups attached to an aromatic ring is 1. The van der Waals surface area contributed by atoms with Crippen LogP contribution in [0.5, 0.6) is 0 Å². The molecule has 5 heterocycles. The molecule has 0 unspecified atom stereocenters. The number of nitrogens with two attached hydrogens (primary N) is 1. The van der Waals surface area contributed by atoms with Gasteiger partial charge in [-0.25, -0.2) is 4.98 Å². The lowest BCUT2D eigenvalue weighted by atomic mass is 9.72. The zero-order valence-corrected chi connectivity index (χ0v) is 21.8. The molecule has 0 saturated carbocycles. The summed E-state index contributed by atoms with van der Waals surface area (Å²) in [5, 5.41) is 18.0. The molecule has 0 radical (unpaired) electrons. The van der Waals surface area contributed by atoms with Crippen molar-refractivity contribution in [1.82, 2.24) is 25.4 Å². The van der Waals surface area contributed by atoms with E-state index in [-0.39, 0.29) is 11.8 Å². The van der Waals surface area contributed by atoms with Crippen molar-refractivity contribution in [3.05, 3.63) is 28.0 Å². The van der Waals surface area contributed by atoms with E-state index in [0.717, 1.165) is 61.7 Å². The topological polar surface area (TPSA) is 150 Å². The molecule has 0 amide bonds. The first kappa shape index (κ1) is 23.8. The number of aryl methyl sites for hydroxylation is 1. The quantitative estimate of drug-likeness (QED) is 0.522. The van der Waals surface area contributed by atoms with Crippen LogP contribution in [0.25, 0.3) is 11.5 Å². The molecule has 1 aliphatic carbocycles. The molecule has 0 bridgehead atoms. The summed E-state index contributed by atoms with van der Waals surface area (Å²) in [6, 6.07) is 3.90. The van der Waals surface area contributed by atoms with Crippen LogP contribution >= 0.6 is 11.3 Å². The second kappa shape index (κ2) is 9.08. The molecular weight excluding hydrogens is 490 g/mol. The molecule has 3 N–H and O–H groups in total. The average Bonchev–Trinajstić information content (AvgIpc) is 3.62. The molecule has 0 aromatic carbocycles. The number of hydrogen-bond donors (Lipinski definition) is 2. The van der Waals surface area contributed by atoms with Crippen LogP contribution in [0.2, 0.25) is 0 Å². The number of Topliss-reactive ketones (excluding diaryl/α,β-unsaturated/α-hetero) is 1. The first-order valence-corrected chi connectivity index (χ1v) is 13.5. The number of anilines is 3. The largest absolute Gasteiger partial charge is 0.389 e. The Kier molecular flexibility index (Phi) is 5.84. The summed E-state index contributed by atoms with van der Waals surface area (Å²) in [7, 11) is 0. The van der Waals surface area contributed by atoms with E-state index in [1.807, 2.05) is 24.8 Å². The first-order chi connectivity index (χ1) is 17.9. The lowest BCUT2D eigenvalue weighted by Crippen LogP contribution is -2.44. The van der Waals surface area contributed by atoms with Gasteiger partial charge in [0.25, 0.3) is 0 Å². The number of thiophene rings is 1. The van der Waals surface area contributed by atoms with E-state index < -0.39 is 5.41 Å². The highest BCUT2D eigenvalue weighted by Crippen LogP contribution is 2.48. The minimum absolute atomic E-state index is 0.184. The predicted octanol–water partition coefficient (Wildman–Crippen LogP) is 2.26. The van der Waals surface area contributed by atoms with E-state index in [0.29, 0.717) is 46.9 Å². The van der Waals surface area contributed by atoms with Gasteiger partial charge in [-0.15, -0.1) is 11.3 Å². The minimum Gasteiger partial charge on any atom is -0.389 e. The molecule has 0 spiro atoms. The summed E-state index contributed by atoms with van der Waals surface area (Å²) in [4.78, 5) is 32.0. The van der Waals surface area contributed by atoms with Crippen LogP contribution < -0.4 is 20.9 Å². The Labute approximate surface area is 218 Å². The van der Waals surface area contributed by atoms with Crippen LogP contribution in [0.1, 0.15) is 55.0 Å². The number of nitrogens with zero attached hydrogens (tertiary/aromatic N) is 7. The fraction of sp³-hybridized carbons (Fsp3) is 0.520. The number of ketones is 1. The van der Waals surface area contributed by atoms with E-state index in [1.54, 1.807) is 0 Å².